The van der Waals surface area contributed by atoms with E-state index in [2.05, 4.69) is 22.8 Å². The lowest BCUT2D eigenvalue weighted by atomic mass is 9.88. The summed E-state index contributed by atoms with van der Waals surface area (Å²) in [4.78, 5) is 48.4. The summed E-state index contributed by atoms with van der Waals surface area (Å²) in [5.41, 5.74) is 3.74. The fourth-order valence-corrected chi connectivity index (χ4v) is 6.52. The minimum absolute atomic E-state index is 0.0427. The Bertz CT molecular complexity index is 1160. The molecule has 0 bridgehead atoms. The zero-order valence-corrected chi connectivity index (χ0v) is 22.8. The van der Waals surface area contributed by atoms with Crippen molar-refractivity contribution in [3.63, 3.8) is 0 Å². The van der Waals surface area contributed by atoms with Crippen LogP contribution < -0.4 is 10.6 Å². The summed E-state index contributed by atoms with van der Waals surface area (Å²) in [7, 11) is 0. The van der Waals surface area contributed by atoms with Gasteiger partial charge in [-0.1, -0.05) is 63.4 Å². The highest BCUT2D eigenvalue weighted by Gasteiger charge is 2.50. The van der Waals surface area contributed by atoms with Gasteiger partial charge in [0.2, 0.25) is 17.7 Å². The van der Waals surface area contributed by atoms with Gasteiger partial charge in [-0.3, -0.25) is 19.4 Å². The predicted octanol–water partition coefficient (Wildman–Crippen LogP) is 4.04. The number of hydrogen-bond donors (Lipinski definition) is 2. The molecule has 7 nitrogen and oxygen atoms in total. The molecule has 0 radical (unpaired) electrons. The molecule has 3 aliphatic rings. The highest BCUT2D eigenvalue weighted by molar-refractivity contribution is 6.00. The lowest BCUT2D eigenvalue weighted by molar-refractivity contribution is -0.158. The van der Waals surface area contributed by atoms with Gasteiger partial charge in [-0.15, -0.1) is 0 Å². The van der Waals surface area contributed by atoms with Crippen LogP contribution in [-0.2, 0) is 27.2 Å². The maximum atomic E-state index is 14.4. The van der Waals surface area contributed by atoms with Gasteiger partial charge < -0.3 is 15.5 Å². The molecular weight excluding hydrogens is 476 g/mol. The van der Waals surface area contributed by atoms with E-state index in [-0.39, 0.29) is 35.6 Å². The number of aromatic nitrogens is 1. The number of amides is 3. The summed E-state index contributed by atoms with van der Waals surface area (Å²) in [5.74, 6) is -0.470. The van der Waals surface area contributed by atoms with Crippen LogP contribution in [0.4, 0.5) is 0 Å². The highest BCUT2D eigenvalue weighted by atomic mass is 16.2. The molecule has 1 saturated heterocycles. The van der Waals surface area contributed by atoms with Crippen molar-refractivity contribution < 1.29 is 14.4 Å². The van der Waals surface area contributed by atoms with Crippen LogP contribution in [0.3, 0.4) is 0 Å². The lowest BCUT2D eigenvalue weighted by Gasteiger charge is -2.44. The van der Waals surface area contributed by atoms with Gasteiger partial charge in [0.05, 0.1) is 5.69 Å². The molecule has 1 aromatic carbocycles. The van der Waals surface area contributed by atoms with Gasteiger partial charge >= 0.3 is 0 Å². The Hall–Kier alpha value is -3.22. The Morgan fingerprint density at radius 1 is 1.03 bits per heavy atom. The first-order valence-electron chi connectivity index (χ1n) is 14.2. The minimum Gasteiger partial charge on any atom is -0.351 e. The molecule has 2 aromatic rings. The first-order valence-corrected chi connectivity index (χ1v) is 14.2. The summed E-state index contributed by atoms with van der Waals surface area (Å²) in [5, 5.41) is 6.32. The van der Waals surface area contributed by atoms with Crippen molar-refractivity contribution in [2.24, 2.45) is 11.8 Å². The van der Waals surface area contributed by atoms with E-state index in [4.69, 9.17) is 4.98 Å². The molecule has 3 atom stereocenters. The molecule has 1 aliphatic heterocycles. The Balaban J connectivity index is 1.51. The van der Waals surface area contributed by atoms with Crippen molar-refractivity contribution in [1.82, 2.24) is 20.5 Å². The van der Waals surface area contributed by atoms with Crippen molar-refractivity contribution in [2.75, 3.05) is 0 Å². The number of pyridine rings is 1. The van der Waals surface area contributed by atoms with E-state index in [1.165, 1.54) is 17.5 Å². The number of fused-ring (bicyclic) bond motifs is 1. The minimum atomic E-state index is -0.953. The Morgan fingerprint density at radius 2 is 1.71 bits per heavy atom. The molecule has 1 saturated carbocycles. The van der Waals surface area contributed by atoms with E-state index in [0.29, 0.717) is 12.1 Å². The van der Waals surface area contributed by atoms with Crippen LogP contribution in [0.15, 0.2) is 42.5 Å². The number of benzene rings is 1. The number of carbonyl (C=O) groups is 3. The molecule has 0 spiro atoms. The SMILES string of the molecule is Cc1cccc(C(C(=O)NC2CCCCC2)N2C(=O)[C@@H](C3Cc4ccccc4C3)NC(=O)[C@H]2CC(C)C)n1. The third-order valence-electron chi connectivity index (χ3n) is 8.37. The summed E-state index contributed by atoms with van der Waals surface area (Å²) >= 11 is 0. The molecule has 1 unspecified atom stereocenters. The number of nitrogens with one attached hydrogen (secondary N) is 2. The summed E-state index contributed by atoms with van der Waals surface area (Å²) < 4.78 is 0. The average molecular weight is 517 g/mol. The molecule has 3 amide bonds. The van der Waals surface area contributed by atoms with E-state index < -0.39 is 18.1 Å². The molecule has 2 N–H and O–H groups in total. The van der Waals surface area contributed by atoms with Gasteiger partial charge in [0.25, 0.3) is 0 Å². The lowest BCUT2D eigenvalue weighted by Crippen LogP contribution is -2.67. The van der Waals surface area contributed by atoms with Crippen molar-refractivity contribution >= 4 is 17.7 Å². The second-order valence-corrected chi connectivity index (χ2v) is 11.8. The van der Waals surface area contributed by atoms with Gasteiger partial charge in [0.1, 0.15) is 12.1 Å². The Kier molecular flexibility index (Phi) is 7.82. The monoisotopic (exact) mass is 516 g/mol. The molecule has 2 heterocycles. The van der Waals surface area contributed by atoms with Crippen LogP contribution in [0.25, 0.3) is 0 Å². The second-order valence-electron chi connectivity index (χ2n) is 11.8. The second kappa shape index (κ2) is 11.3. The normalized spacial score (nSPS) is 23.3. The third-order valence-corrected chi connectivity index (χ3v) is 8.37. The molecule has 2 aliphatic carbocycles. The van der Waals surface area contributed by atoms with E-state index >= 15 is 0 Å². The predicted molar refractivity (Wildman–Crippen MR) is 146 cm³/mol. The topological polar surface area (TPSA) is 91.4 Å². The summed E-state index contributed by atoms with van der Waals surface area (Å²) in [6, 6.07) is 11.5. The first-order chi connectivity index (χ1) is 18.3. The van der Waals surface area contributed by atoms with E-state index in [0.717, 1.165) is 44.2 Å². The van der Waals surface area contributed by atoms with Gasteiger partial charge in [-0.25, -0.2) is 0 Å². The van der Waals surface area contributed by atoms with E-state index in [1.54, 1.807) is 4.90 Å². The number of aryl methyl sites for hydroxylation is 1. The molecule has 2 fully saturated rings. The van der Waals surface area contributed by atoms with Gasteiger partial charge in [-0.05, 0) is 74.1 Å². The molecule has 5 rings (SSSR count). The molecule has 38 heavy (non-hydrogen) atoms. The van der Waals surface area contributed by atoms with Crippen LogP contribution >= 0.6 is 0 Å². The van der Waals surface area contributed by atoms with Crippen LogP contribution in [0.1, 0.15) is 80.9 Å². The molecule has 202 valence electrons. The summed E-state index contributed by atoms with van der Waals surface area (Å²) in [6.07, 6.45) is 7.18. The van der Waals surface area contributed by atoms with E-state index in [9.17, 15) is 14.4 Å². The fraction of sp³-hybridized carbons (Fsp3) is 0.548. The molecular formula is C31H40N4O3. The first kappa shape index (κ1) is 26.4. The number of nitrogens with zero attached hydrogens (tertiary/aromatic N) is 2. The Morgan fingerprint density at radius 3 is 2.34 bits per heavy atom. The zero-order chi connectivity index (χ0) is 26.8. The average Bonchev–Trinajstić information content (AvgIpc) is 3.32. The molecule has 7 heteroatoms. The van der Waals surface area contributed by atoms with Crippen LogP contribution in [0, 0.1) is 18.8 Å². The maximum absolute atomic E-state index is 14.4. The summed E-state index contributed by atoms with van der Waals surface area (Å²) in [6.45, 7) is 5.96. The van der Waals surface area contributed by atoms with Crippen LogP contribution in [0.5, 0.6) is 0 Å². The third kappa shape index (κ3) is 5.47. The van der Waals surface area contributed by atoms with Crippen molar-refractivity contribution in [1.29, 1.82) is 0 Å². The van der Waals surface area contributed by atoms with Crippen LogP contribution in [-0.4, -0.2) is 45.7 Å². The zero-order valence-electron chi connectivity index (χ0n) is 22.8. The van der Waals surface area contributed by atoms with Gasteiger partial charge in [-0.2, -0.15) is 0 Å². The Labute approximate surface area is 225 Å². The standard InChI is InChI=1S/C31H40N4O3/c1-19(2)16-26-29(36)34-27(23-17-21-11-7-8-12-22(21)18-23)31(38)35(26)28(25-15-9-10-20(3)32-25)30(37)33-24-13-5-4-6-14-24/h7-12,15,19,23-24,26-28H,4-6,13-14,16-18H2,1-3H3,(H,33,37)(H,34,36)/t26-,27-,28?/m1/s1. The largest absolute Gasteiger partial charge is 0.351 e. The van der Waals surface area contributed by atoms with Gasteiger partial charge in [0.15, 0.2) is 6.04 Å². The van der Waals surface area contributed by atoms with E-state index in [1.807, 2.05) is 51.1 Å². The fourth-order valence-electron chi connectivity index (χ4n) is 6.52. The maximum Gasteiger partial charge on any atom is 0.249 e. The number of hydrogen-bond acceptors (Lipinski definition) is 4. The van der Waals surface area contributed by atoms with Crippen LogP contribution in [0.2, 0.25) is 0 Å². The number of piperazine rings is 1. The highest BCUT2D eigenvalue weighted by Crippen LogP contribution is 2.35. The molecule has 1 aromatic heterocycles. The van der Waals surface area contributed by atoms with Gasteiger partial charge in [0, 0.05) is 11.7 Å². The van der Waals surface area contributed by atoms with Crippen molar-refractivity contribution in [3.05, 3.63) is 65.0 Å². The smallest absolute Gasteiger partial charge is 0.249 e. The van der Waals surface area contributed by atoms with Crippen molar-refractivity contribution in [3.8, 4) is 0 Å². The van der Waals surface area contributed by atoms with Crippen molar-refractivity contribution in [2.45, 2.75) is 96.3 Å². The quantitative estimate of drug-likeness (QED) is 0.581. The number of carbonyl (C=O) groups excluding carboxylic acids is 3. The number of rotatable bonds is 7.